The van der Waals surface area contributed by atoms with E-state index in [0.717, 1.165) is 24.8 Å². The average molecular weight is 322 g/mol. The molecule has 0 unspecified atom stereocenters. The predicted molar refractivity (Wildman–Crippen MR) is 93.6 cm³/mol. The van der Waals surface area contributed by atoms with Crippen molar-refractivity contribution in [3.63, 3.8) is 0 Å². The van der Waals surface area contributed by atoms with E-state index in [9.17, 15) is 9.59 Å². The van der Waals surface area contributed by atoms with Crippen LogP contribution < -0.4 is 10.9 Å². The molecule has 4 heteroatoms. The summed E-state index contributed by atoms with van der Waals surface area (Å²) in [5.74, 6) is -0.522. The van der Waals surface area contributed by atoms with Gasteiger partial charge in [-0.15, -0.1) is 0 Å². The van der Waals surface area contributed by atoms with Crippen molar-refractivity contribution >= 4 is 11.8 Å². The smallest absolute Gasteiger partial charge is 0.269 e. The number of carbonyl (C=O) groups excluding carboxylic acids is 2. The molecule has 2 amide bonds. The van der Waals surface area contributed by atoms with Crippen LogP contribution in [0.25, 0.3) is 0 Å². The van der Waals surface area contributed by atoms with E-state index in [1.54, 1.807) is 12.1 Å². The Balaban J connectivity index is 1.52. The highest BCUT2D eigenvalue weighted by molar-refractivity contribution is 5.95. The SMILES string of the molecule is CCc1ccc(C(=O)NNC(=O)Cc2ccc3c(c2)CCC3)cc1. The number of hydrogen-bond donors (Lipinski definition) is 2. The van der Waals surface area contributed by atoms with Gasteiger partial charge in [0.15, 0.2) is 0 Å². The Kier molecular flexibility index (Phi) is 4.94. The summed E-state index contributed by atoms with van der Waals surface area (Å²) < 4.78 is 0. The Hall–Kier alpha value is -2.62. The fourth-order valence-corrected chi connectivity index (χ4v) is 3.06. The minimum absolute atomic E-state index is 0.216. The third kappa shape index (κ3) is 3.82. The van der Waals surface area contributed by atoms with Crippen molar-refractivity contribution < 1.29 is 9.59 Å². The zero-order valence-electron chi connectivity index (χ0n) is 13.9. The van der Waals surface area contributed by atoms with Crippen molar-refractivity contribution in [2.45, 2.75) is 39.0 Å². The minimum Gasteiger partial charge on any atom is -0.273 e. The van der Waals surface area contributed by atoms with Gasteiger partial charge in [-0.3, -0.25) is 20.4 Å². The van der Waals surface area contributed by atoms with Gasteiger partial charge in [0.2, 0.25) is 5.91 Å². The first kappa shape index (κ1) is 16.2. The number of nitrogens with one attached hydrogen (secondary N) is 2. The molecule has 2 aromatic rings. The van der Waals surface area contributed by atoms with Gasteiger partial charge >= 0.3 is 0 Å². The van der Waals surface area contributed by atoms with Gasteiger partial charge in [-0.25, -0.2) is 0 Å². The Morgan fingerprint density at radius 1 is 0.917 bits per heavy atom. The summed E-state index contributed by atoms with van der Waals surface area (Å²) in [7, 11) is 0. The van der Waals surface area contributed by atoms with Gasteiger partial charge < -0.3 is 0 Å². The van der Waals surface area contributed by atoms with Crippen LogP contribution in [0.2, 0.25) is 0 Å². The fraction of sp³-hybridized carbons (Fsp3) is 0.300. The van der Waals surface area contributed by atoms with Gasteiger partial charge in [-0.1, -0.05) is 37.3 Å². The number of amides is 2. The van der Waals surface area contributed by atoms with Gasteiger partial charge in [0.05, 0.1) is 6.42 Å². The number of fused-ring (bicyclic) bond motifs is 1. The quantitative estimate of drug-likeness (QED) is 0.850. The first-order chi connectivity index (χ1) is 11.7. The van der Waals surface area contributed by atoms with E-state index in [-0.39, 0.29) is 18.2 Å². The molecule has 0 aliphatic heterocycles. The number of benzene rings is 2. The maximum Gasteiger partial charge on any atom is 0.269 e. The lowest BCUT2D eigenvalue weighted by molar-refractivity contribution is -0.121. The van der Waals surface area contributed by atoms with E-state index in [1.165, 1.54) is 23.1 Å². The van der Waals surface area contributed by atoms with Crippen molar-refractivity contribution in [2.75, 3.05) is 0 Å². The molecule has 0 radical (unpaired) electrons. The second-order valence-corrected chi connectivity index (χ2v) is 6.19. The molecule has 1 aliphatic carbocycles. The highest BCUT2D eigenvalue weighted by Crippen LogP contribution is 2.22. The van der Waals surface area contributed by atoms with Gasteiger partial charge in [0.25, 0.3) is 5.91 Å². The van der Waals surface area contributed by atoms with E-state index < -0.39 is 0 Å². The molecule has 0 saturated carbocycles. The number of rotatable bonds is 4. The molecule has 2 aromatic carbocycles. The molecule has 3 rings (SSSR count). The van der Waals surface area contributed by atoms with Crippen molar-refractivity contribution in [3.8, 4) is 0 Å². The van der Waals surface area contributed by atoms with Crippen LogP contribution in [0.15, 0.2) is 42.5 Å². The van der Waals surface area contributed by atoms with Crippen LogP contribution in [0, 0.1) is 0 Å². The number of hydrogen-bond acceptors (Lipinski definition) is 2. The molecule has 0 spiro atoms. The van der Waals surface area contributed by atoms with E-state index in [4.69, 9.17) is 0 Å². The van der Waals surface area contributed by atoms with E-state index in [1.807, 2.05) is 18.2 Å². The van der Waals surface area contributed by atoms with E-state index in [2.05, 4.69) is 29.9 Å². The molecular weight excluding hydrogens is 300 g/mol. The van der Waals surface area contributed by atoms with Gasteiger partial charge in [-0.2, -0.15) is 0 Å². The van der Waals surface area contributed by atoms with Crippen LogP contribution in [0.4, 0.5) is 0 Å². The van der Waals surface area contributed by atoms with Crippen LogP contribution in [-0.2, 0) is 30.5 Å². The number of carbonyl (C=O) groups is 2. The highest BCUT2D eigenvalue weighted by Gasteiger charge is 2.13. The van der Waals surface area contributed by atoms with Gasteiger partial charge in [0.1, 0.15) is 0 Å². The molecule has 0 aromatic heterocycles. The fourth-order valence-electron chi connectivity index (χ4n) is 3.06. The molecule has 4 nitrogen and oxygen atoms in total. The summed E-state index contributed by atoms with van der Waals surface area (Å²) in [5.41, 5.74) is 10.4. The first-order valence-corrected chi connectivity index (χ1v) is 8.44. The maximum absolute atomic E-state index is 12.0. The van der Waals surface area contributed by atoms with Crippen LogP contribution in [-0.4, -0.2) is 11.8 Å². The normalized spacial score (nSPS) is 12.5. The summed E-state index contributed by atoms with van der Waals surface area (Å²) in [4.78, 5) is 24.1. The standard InChI is InChI=1S/C20H22N2O2/c1-2-14-6-10-17(11-7-14)20(24)22-21-19(23)13-15-8-9-16-4-3-5-18(16)12-15/h6-12H,2-5,13H2,1H3,(H,21,23)(H,22,24). The van der Waals surface area contributed by atoms with Crippen molar-refractivity contribution in [3.05, 3.63) is 70.3 Å². The van der Waals surface area contributed by atoms with Gasteiger partial charge in [0, 0.05) is 5.56 Å². The lowest BCUT2D eigenvalue weighted by atomic mass is 10.0. The third-order valence-electron chi connectivity index (χ3n) is 4.47. The summed E-state index contributed by atoms with van der Waals surface area (Å²) in [6, 6.07) is 13.6. The number of hydrazine groups is 1. The molecule has 1 aliphatic rings. The first-order valence-electron chi connectivity index (χ1n) is 8.44. The van der Waals surface area contributed by atoms with E-state index in [0.29, 0.717) is 5.56 Å². The van der Waals surface area contributed by atoms with Crippen LogP contribution in [0.3, 0.4) is 0 Å². The van der Waals surface area contributed by atoms with Crippen LogP contribution in [0.1, 0.15) is 46.0 Å². The summed E-state index contributed by atoms with van der Waals surface area (Å²) in [5, 5.41) is 0. The van der Waals surface area contributed by atoms with Crippen molar-refractivity contribution in [2.24, 2.45) is 0 Å². The molecule has 0 bridgehead atoms. The Bertz CT molecular complexity index is 751. The third-order valence-corrected chi connectivity index (χ3v) is 4.47. The lowest BCUT2D eigenvalue weighted by Crippen LogP contribution is -2.42. The molecule has 0 fully saturated rings. The molecular formula is C20H22N2O2. The topological polar surface area (TPSA) is 58.2 Å². The van der Waals surface area contributed by atoms with Crippen LogP contribution in [0.5, 0.6) is 0 Å². The van der Waals surface area contributed by atoms with Gasteiger partial charge in [-0.05, 0) is 60.1 Å². The molecule has 24 heavy (non-hydrogen) atoms. The maximum atomic E-state index is 12.0. The largest absolute Gasteiger partial charge is 0.273 e. The van der Waals surface area contributed by atoms with Crippen LogP contribution >= 0.6 is 0 Å². The zero-order valence-corrected chi connectivity index (χ0v) is 13.9. The molecule has 124 valence electrons. The molecule has 0 atom stereocenters. The zero-order chi connectivity index (χ0) is 16.9. The van der Waals surface area contributed by atoms with Crippen molar-refractivity contribution in [1.29, 1.82) is 0 Å². The monoisotopic (exact) mass is 322 g/mol. The summed E-state index contributed by atoms with van der Waals surface area (Å²) >= 11 is 0. The Morgan fingerprint density at radius 3 is 2.38 bits per heavy atom. The molecule has 0 saturated heterocycles. The summed E-state index contributed by atoms with van der Waals surface area (Å²) in [6.45, 7) is 2.06. The van der Waals surface area contributed by atoms with Crippen molar-refractivity contribution in [1.82, 2.24) is 10.9 Å². The molecule has 0 heterocycles. The Labute approximate surface area is 142 Å². The number of aryl methyl sites for hydroxylation is 3. The lowest BCUT2D eigenvalue weighted by Gasteiger charge is -2.09. The second-order valence-electron chi connectivity index (χ2n) is 6.19. The summed E-state index contributed by atoms with van der Waals surface area (Å²) in [6.07, 6.45) is 4.61. The molecule has 2 N–H and O–H groups in total. The van der Waals surface area contributed by atoms with E-state index >= 15 is 0 Å². The highest BCUT2D eigenvalue weighted by atomic mass is 16.2. The Morgan fingerprint density at radius 2 is 1.62 bits per heavy atom. The average Bonchev–Trinajstić information content (AvgIpc) is 3.07. The minimum atomic E-state index is -0.306. The predicted octanol–water partition coefficient (Wildman–Crippen LogP) is 2.74. The second kappa shape index (κ2) is 7.30.